The standard InChI is InChI=1S/C14H17FN2O/c1-3-13-8-17-14(18-13)9-16-7-11-6-12(15)5-4-10(11)2/h4-6,8,16H,3,7,9H2,1-2H3. The van der Waals surface area contributed by atoms with Gasteiger partial charge < -0.3 is 9.73 Å². The summed E-state index contributed by atoms with van der Waals surface area (Å²) < 4.78 is 18.6. The van der Waals surface area contributed by atoms with Crippen LogP contribution in [0.5, 0.6) is 0 Å². The second-order valence-corrected chi connectivity index (χ2v) is 4.25. The van der Waals surface area contributed by atoms with E-state index < -0.39 is 0 Å². The highest BCUT2D eigenvalue weighted by molar-refractivity contribution is 5.26. The Morgan fingerprint density at radius 3 is 2.89 bits per heavy atom. The minimum absolute atomic E-state index is 0.207. The van der Waals surface area contributed by atoms with E-state index in [2.05, 4.69) is 10.3 Å². The number of hydrogen-bond acceptors (Lipinski definition) is 3. The maximum atomic E-state index is 13.1. The predicted molar refractivity (Wildman–Crippen MR) is 67.6 cm³/mol. The van der Waals surface area contributed by atoms with E-state index in [0.717, 1.165) is 23.3 Å². The highest BCUT2D eigenvalue weighted by atomic mass is 19.1. The number of nitrogens with zero attached hydrogens (tertiary/aromatic N) is 1. The van der Waals surface area contributed by atoms with E-state index in [4.69, 9.17) is 4.42 Å². The van der Waals surface area contributed by atoms with Gasteiger partial charge in [0.1, 0.15) is 11.6 Å². The molecule has 3 nitrogen and oxygen atoms in total. The summed E-state index contributed by atoms with van der Waals surface area (Å²) in [6, 6.07) is 4.81. The smallest absolute Gasteiger partial charge is 0.208 e. The Hall–Kier alpha value is -1.68. The molecule has 1 heterocycles. The van der Waals surface area contributed by atoms with Crippen LogP contribution in [0.1, 0.15) is 29.7 Å². The van der Waals surface area contributed by atoms with Crippen molar-refractivity contribution in [3.05, 3.63) is 53.0 Å². The molecular formula is C14H17FN2O. The number of hydrogen-bond donors (Lipinski definition) is 1. The van der Waals surface area contributed by atoms with Crippen molar-refractivity contribution in [2.24, 2.45) is 0 Å². The summed E-state index contributed by atoms with van der Waals surface area (Å²) in [4.78, 5) is 4.15. The van der Waals surface area contributed by atoms with Gasteiger partial charge in [-0.2, -0.15) is 0 Å². The zero-order valence-corrected chi connectivity index (χ0v) is 10.7. The molecule has 1 aromatic carbocycles. The Balaban J connectivity index is 1.90. The Bertz CT molecular complexity index is 522. The summed E-state index contributed by atoms with van der Waals surface area (Å²) in [6.07, 6.45) is 2.58. The molecule has 2 rings (SSSR count). The summed E-state index contributed by atoms with van der Waals surface area (Å²) in [7, 11) is 0. The third-order valence-corrected chi connectivity index (χ3v) is 2.85. The average Bonchev–Trinajstić information content (AvgIpc) is 2.81. The van der Waals surface area contributed by atoms with Gasteiger partial charge >= 0.3 is 0 Å². The fraction of sp³-hybridized carbons (Fsp3) is 0.357. The second-order valence-electron chi connectivity index (χ2n) is 4.25. The van der Waals surface area contributed by atoms with Crippen LogP contribution < -0.4 is 5.32 Å². The molecule has 1 N–H and O–H groups in total. The lowest BCUT2D eigenvalue weighted by atomic mass is 10.1. The lowest BCUT2D eigenvalue weighted by molar-refractivity contribution is 0.438. The van der Waals surface area contributed by atoms with E-state index in [1.807, 2.05) is 13.8 Å². The van der Waals surface area contributed by atoms with Crippen LogP contribution in [-0.4, -0.2) is 4.98 Å². The normalized spacial score (nSPS) is 10.8. The van der Waals surface area contributed by atoms with Gasteiger partial charge in [0.05, 0.1) is 12.7 Å². The average molecular weight is 248 g/mol. The van der Waals surface area contributed by atoms with E-state index in [1.165, 1.54) is 6.07 Å². The highest BCUT2D eigenvalue weighted by Gasteiger charge is 2.03. The topological polar surface area (TPSA) is 38.1 Å². The van der Waals surface area contributed by atoms with Crippen LogP contribution in [0.2, 0.25) is 0 Å². The number of rotatable bonds is 5. The molecule has 2 aromatic rings. The lowest BCUT2D eigenvalue weighted by Crippen LogP contribution is -2.13. The maximum Gasteiger partial charge on any atom is 0.208 e. The van der Waals surface area contributed by atoms with E-state index in [0.29, 0.717) is 19.0 Å². The van der Waals surface area contributed by atoms with E-state index in [9.17, 15) is 4.39 Å². The molecule has 0 saturated carbocycles. The molecule has 96 valence electrons. The third kappa shape index (κ3) is 3.17. The van der Waals surface area contributed by atoms with Gasteiger partial charge in [-0.3, -0.25) is 0 Å². The van der Waals surface area contributed by atoms with Gasteiger partial charge in [-0.1, -0.05) is 13.0 Å². The van der Waals surface area contributed by atoms with Gasteiger partial charge in [0.15, 0.2) is 0 Å². The lowest BCUT2D eigenvalue weighted by Gasteiger charge is -2.06. The van der Waals surface area contributed by atoms with Gasteiger partial charge in [-0.15, -0.1) is 0 Å². The molecule has 4 heteroatoms. The molecule has 0 unspecified atom stereocenters. The summed E-state index contributed by atoms with van der Waals surface area (Å²) in [5.74, 6) is 1.34. The highest BCUT2D eigenvalue weighted by Crippen LogP contribution is 2.10. The summed E-state index contributed by atoms with van der Waals surface area (Å²) in [5, 5.41) is 3.20. The number of aryl methyl sites for hydroxylation is 2. The molecule has 0 aliphatic carbocycles. The second kappa shape index (κ2) is 5.78. The van der Waals surface area contributed by atoms with Crippen molar-refractivity contribution in [1.82, 2.24) is 10.3 Å². The summed E-state index contributed by atoms with van der Waals surface area (Å²) in [6.45, 7) is 5.15. The first kappa shape index (κ1) is 12.8. The van der Waals surface area contributed by atoms with Crippen molar-refractivity contribution in [1.29, 1.82) is 0 Å². The van der Waals surface area contributed by atoms with Crippen molar-refractivity contribution < 1.29 is 8.81 Å². The summed E-state index contributed by atoms with van der Waals surface area (Å²) in [5.41, 5.74) is 2.03. The largest absolute Gasteiger partial charge is 0.444 e. The first-order valence-corrected chi connectivity index (χ1v) is 6.08. The minimum Gasteiger partial charge on any atom is -0.444 e. The number of oxazole rings is 1. The predicted octanol–water partition coefficient (Wildman–Crippen LogP) is 2.97. The molecule has 0 aliphatic rings. The minimum atomic E-state index is -0.207. The Labute approximate surface area is 106 Å². The van der Waals surface area contributed by atoms with Crippen LogP contribution in [0, 0.1) is 12.7 Å². The fourth-order valence-corrected chi connectivity index (χ4v) is 1.73. The maximum absolute atomic E-state index is 13.1. The van der Waals surface area contributed by atoms with Crippen molar-refractivity contribution in [2.45, 2.75) is 33.4 Å². The Morgan fingerprint density at radius 2 is 2.17 bits per heavy atom. The van der Waals surface area contributed by atoms with Crippen LogP contribution >= 0.6 is 0 Å². The molecule has 0 spiro atoms. The van der Waals surface area contributed by atoms with Gasteiger partial charge in [-0.25, -0.2) is 9.37 Å². The van der Waals surface area contributed by atoms with Crippen molar-refractivity contribution in [3.8, 4) is 0 Å². The zero-order chi connectivity index (χ0) is 13.0. The monoisotopic (exact) mass is 248 g/mol. The van der Waals surface area contributed by atoms with Gasteiger partial charge in [0, 0.05) is 13.0 Å². The van der Waals surface area contributed by atoms with Gasteiger partial charge in [0.25, 0.3) is 0 Å². The molecule has 0 radical (unpaired) electrons. The van der Waals surface area contributed by atoms with Crippen molar-refractivity contribution in [3.63, 3.8) is 0 Å². The SMILES string of the molecule is CCc1cnc(CNCc2cc(F)ccc2C)o1. The van der Waals surface area contributed by atoms with Gasteiger partial charge in [-0.05, 0) is 30.2 Å². The molecule has 1 aromatic heterocycles. The third-order valence-electron chi connectivity index (χ3n) is 2.85. The fourth-order valence-electron chi connectivity index (χ4n) is 1.73. The number of halogens is 1. The first-order valence-electron chi connectivity index (χ1n) is 6.08. The molecule has 0 fully saturated rings. The first-order chi connectivity index (χ1) is 8.69. The van der Waals surface area contributed by atoms with Crippen LogP contribution in [0.3, 0.4) is 0 Å². The van der Waals surface area contributed by atoms with E-state index in [-0.39, 0.29) is 5.82 Å². The Morgan fingerprint density at radius 1 is 1.33 bits per heavy atom. The number of benzene rings is 1. The molecular weight excluding hydrogens is 231 g/mol. The number of aromatic nitrogens is 1. The molecule has 0 atom stereocenters. The summed E-state index contributed by atoms with van der Waals surface area (Å²) >= 11 is 0. The van der Waals surface area contributed by atoms with Crippen molar-refractivity contribution >= 4 is 0 Å². The van der Waals surface area contributed by atoms with Crippen molar-refractivity contribution in [2.75, 3.05) is 0 Å². The molecule has 0 saturated heterocycles. The zero-order valence-electron chi connectivity index (χ0n) is 10.7. The van der Waals surface area contributed by atoms with Crippen LogP contribution in [0.15, 0.2) is 28.8 Å². The van der Waals surface area contributed by atoms with E-state index >= 15 is 0 Å². The number of nitrogens with one attached hydrogen (secondary N) is 1. The van der Waals surface area contributed by atoms with Crippen LogP contribution in [-0.2, 0) is 19.5 Å². The Kier molecular flexibility index (Phi) is 4.10. The van der Waals surface area contributed by atoms with Crippen LogP contribution in [0.4, 0.5) is 4.39 Å². The van der Waals surface area contributed by atoms with Crippen LogP contribution in [0.25, 0.3) is 0 Å². The van der Waals surface area contributed by atoms with E-state index in [1.54, 1.807) is 18.3 Å². The molecule has 18 heavy (non-hydrogen) atoms. The molecule has 0 aliphatic heterocycles. The molecule has 0 amide bonds. The quantitative estimate of drug-likeness (QED) is 0.884. The molecule has 0 bridgehead atoms. The van der Waals surface area contributed by atoms with Gasteiger partial charge in [0.2, 0.25) is 5.89 Å².